The van der Waals surface area contributed by atoms with Gasteiger partial charge in [-0.2, -0.15) is 0 Å². The lowest BCUT2D eigenvalue weighted by Gasteiger charge is -2.09. The minimum absolute atomic E-state index is 0.113. The lowest BCUT2D eigenvalue weighted by molar-refractivity contribution is -0.115. The average molecular weight is 404 g/mol. The molecule has 0 aliphatic heterocycles. The number of phenolic OH excluding ortho intramolecular Hbond substituents is 1. The van der Waals surface area contributed by atoms with Crippen molar-refractivity contribution in [3.63, 3.8) is 0 Å². The summed E-state index contributed by atoms with van der Waals surface area (Å²) in [5, 5.41) is 16.4. The summed E-state index contributed by atoms with van der Waals surface area (Å²) in [4.78, 5) is 23.1. The first-order valence-corrected chi connectivity index (χ1v) is 10.1. The number of aromatic hydroxyl groups is 1. The highest BCUT2D eigenvalue weighted by Crippen LogP contribution is 2.40. The first-order valence-electron chi connectivity index (χ1n) is 9.24. The Morgan fingerprint density at radius 1 is 1.07 bits per heavy atom. The molecule has 2 aromatic carbocycles. The summed E-state index contributed by atoms with van der Waals surface area (Å²) in [5.41, 5.74) is 2.90. The topological polar surface area (TPSA) is 87.1 Å². The van der Waals surface area contributed by atoms with Crippen molar-refractivity contribution in [1.82, 2.24) is 9.97 Å². The van der Waals surface area contributed by atoms with Crippen LogP contribution in [0, 0.1) is 6.92 Å². The fourth-order valence-corrected chi connectivity index (χ4v) is 4.21. The molecule has 0 spiro atoms. The number of thiophene rings is 1. The van der Waals surface area contributed by atoms with E-state index in [0.717, 1.165) is 27.2 Å². The van der Waals surface area contributed by atoms with E-state index in [-0.39, 0.29) is 18.1 Å². The summed E-state index contributed by atoms with van der Waals surface area (Å²) in [6, 6.07) is 16.6. The van der Waals surface area contributed by atoms with E-state index in [1.807, 2.05) is 18.2 Å². The molecule has 0 saturated carbocycles. The standard InChI is InChI=1S/C22H20N4O2S/c1-14-19(15-5-3-2-4-6-15)20-21(24-13-25-22(20)29-14)23-12-11-18(28)26-16-7-9-17(27)10-8-16/h2-10,13,27H,11-12H2,1H3,(H,26,28)(H,23,24,25). The van der Waals surface area contributed by atoms with E-state index in [1.165, 1.54) is 17.0 Å². The zero-order valence-corrected chi connectivity index (χ0v) is 16.7. The molecule has 6 nitrogen and oxygen atoms in total. The molecular weight excluding hydrogens is 384 g/mol. The van der Waals surface area contributed by atoms with Gasteiger partial charge in [-0.15, -0.1) is 11.3 Å². The number of amides is 1. The normalized spacial score (nSPS) is 10.8. The first kappa shape index (κ1) is 18.9. The average Bonchev–Trinajstić information content (AvgIpc) is 3.07. The second-order valence-corrected chi connectivity index (χ2v) is 7.78. The quantitative estimate of drug-likeness (QED) is 0.401. The summed E-state index contributed by atoms with van der Waals surface area (Å²) in [7, 11) is 0. The van der Waals surface area contributed by atoms with Crippen LogP contribution in [0.15, 0.2) is 60.9 Å². The number of anilines is 2. The Morgan fingerprint density at radius 2 is 1.83 bits per heavy atom. The molecule has 0 aliphatic rings. The van der Waals surface area contributed by atoms with Crippen LogP contribution in [-0.2, 0) is 4.79 Å². The Hall–Kier alpha value is -3.45. The molecule has 146 valence electrons. The number of nitrogens with zero attached hydrogens (tertiary/aromatic N) is 2. The van der Waals surface area contributed by atoms with Crippen LogP contribution < -0.4 is 10.6 Å². The van der Waals surface area contributed by atoms with E-state index in [0.29, 0.717) is 12.2 Å². The van der Waals surface area contributed by atoms with Crippen LogP contribution in [0.1, 0.15) is 11.3 Å². The number of aromatic nitrogens is 2. The minimum atomic E-state index is -0.113. The second kappa shape index (κ2) is 8.28. The predicted octanol–water partition coefficient (Wildman–Crippen LogP) is 4.81. The van der Waals surface area contributed by atoms with Crippen molar-refractivity contribution in [2.24, 2.45) is 0 Å². The molecule has 0 saturated heterocycles. The third-order valence-corrected chi connectivity index (χ3v) is 5.54. The van der Waals surface area contributed by atoms with Gasteiger partial charge in [0.2, 0.25) is 5.91 Å². The fourth-order valence-electron chi connectivity index (χ4n) is 3.19. The van der Waals surface area contributed by atoms with Crippen LogP contribution in [0.25, 0.3) is 21.3 Å². The number of carbonyl (C=O) groups is 1. The number of nitrogens with one attached hydrogen (secondary N) is 2. The number of hydrogen-bond acceptors (Lipinski definition) is 6. The molecule has 7 heteroatoms. The summed E-state index contributed by atoms with van der Waals surface area (Å²) in [5.74, 6) is 0.784. The largest absolute Gasteiger partial charge is 0.508 e. The Labute approximate surface area is 172 Å². The maximum atomic E-state index is 12.2. The fraction of sp³-hybridized carbons (Fsp3) is 0.136. The molecule has 2 heterocycles. The molecule has 4 aromatic rings. The van der Waals surface area contributed by atoms with Crippen LogP contribution >= 0.6 is 11.3 Å². The smallest absolute Gasteiger partial charge is 0.226 e. The van der Waals surface area contributed by atoms with Gasteiger partial charge in [-0.25, -0.2) is 9.97 Å². The number of hydrogen-bond donors (Lipinski definition) is 3. The van der Waals surface area contributed by atoms with Gasteiger partial charge >= 0.3 is 0 Å². The van der Waals surface area contributed by atoms with Crippen molar-refractivity contribution < 1.29 is 9.90 Å². The zero-order chi connectivity index (χ0) is 20.2. The molecule has 0 radical (unpaired) electrons. The van der Waals surface area contributed by atoms with Crippen molar-refractivity contribution in [3.05, 3.63) is 65.8 Å². The van der Waals surface area contributed by atoms with Gasteiger partial charge < -0.3 is 15.7 Å². The predicted molar refractivity (Wildman–Crippen MR) is 117 cm³/mol. The maximum Gasteiger partial charge on any atom is 0.226 e. The van der Waals surface area contributed by atoms with Crippen LogP contribution in [-0.4, -0.2) is 27.5 Å². The van der Waals surface area contributed by atoms with Gasteiger partial charge in [0.15, 0.2) is 0 Å². The first-order chi connectivity index (χ1) is 14.1. The molecule has 0 unspecified atom stereocenters. The van der Waals surface area contributed by atoms with Gasteiger partial charge in [0, 0.05) is 29.1 Å². The van der Waals surface area contributed by atoms with Crippen molar-refractivity contribution >= 4 is 39.0 Å². The molecule has 0 bridgehead atoms. The Kier molecular flexibility index (Phi) is 5.39. The molecule has 1 amide bonds. The SMILES string of the molecule is Cc1sc2ncnc(NCCC(=O)Nc3ccc(O)cc3)c2c1-c1ccccc1. The number of fused-ring (bicyclic) bond motifs is 1. The molecule has 4 rings (SSSR count). The van der Waals surface area contributed by atoms with E-state index >= 15 is 0 Å². The number of rotatable bonds is 6. The molecule has 29 heavy (non-hydrogen) atoms. The zero-order valence-electron chi connectivity index (χ0n) is 15.8. The van der Waals surface area contributed by atoms with Crippen molar-refractivity contribution in [3.8, 4) is 16.9 Å². The number of aryl methyl sites for hydroxylation is 1. The molecular formula is C22H20N4O2S. The second-order valence-electron chi connectivity index (χ2n) is 6.57. The summed E-state index contributed by atoms with van der Waals surface area (Å²) in [6.45, 7) is 2.53. The van der Waals surface area contributed by atoms with Gasteiger partial charge in [-0.05, 0) is 36.8 Å². The Bertz CT molecular complexity index is 1140. The third kappa shape index (κ3) is 4.20. The van der Waals surface area contributed by atoms with Crippen LogP contribution in [0.5, 0.6) is 5.75 Å². The van der Waals surface area contributed by atoms with E-state index in [9.17, 15) is 9.90 Å². The lowest BCUT2D eigenvalue weighted by atomic mass is 10.0. The van der Waals surface area contributed by atoms with Gasteiger partial charge in [-0.3, -0.25) is 4.79 Å². The highest BCUT2D eigenvalue weighted by atomic mass is 32.1. The summed E-state index contributed by atoms with van der Waals surface area (Å²) in [6.07, 6.45) is 1.84. The molecule has 0 atom stereocenters. The highest BCUT2D eigenvalue weighted by Gasteiger charge is 2.16. The van der Waals surface area contributed by atoms with Gasteiger partial charge in [0.1, 0.15) is 22.7 Å². The van der Waals surface area contributed by atoms with Crippen LogP contribution in [0.4, 0.5) is 11.5 Å². The van der Waals surface area contributed by atoms with Gasteiger partial charge in [0.05, 0.1) is 5.39 Å². The van der Waals surface area contributed by atoms with Gasteiger partial charge in [-0.1, -0.05) is 30.3 Å². The van der Waals surface area contributed by atoms with Crippen molar-refractivity contribution in [2.75, 3.05) is 17.2 Å². The van der Waals surface area contributed by atoms with E-state index in [1.54, 1.807) is 29.8 Å². The van der Waals surface area contributed by atoms with Crippen molar-refractivity contribution in [2.45, 2.75) is 13.3 Å². The van der Waals surface area contributed by atoms with Crippen LogP contribution in [0.3, 0.4) is 0 Å². The molecule has 2 aromatic heterocycles. The van der Waals surface area contributed by atoms with E-state index in [2.05, 4.69) is 39.7 Å². The number of carbonyl (C=O) groups excluding carboxylic acids is 1. The lowest BCUT2D eigenvalue weighted by Crippen LogP contribution is -2.16. The summed E-state index contributed by atoms with van der Waals surface area (Å²) < 4.78 is 0. The van der Waals surface area contributed by atoms with Gasteiger partial charge in [0.25, 0.3) is 0 Å². The molecule has 0 aliphatic carbocycles. The minimum Gasteiger partial charge on any atom is -0.508 e. The Balaban J connectivity index is 1.50. The third-order valence-electron chi connectivity index (χ3n) is 4.52. The van der Waals surface area contributed by atoms with E-state index < -0.39 is 0 Å². The Morgan fingerprint density at radius 3 is 2.59 bits per heavy atom. The summed E-state index contributed by atoms with van der Waals surface area (Å²) >= 11 is 1.64. The number of benzene rings is 2. The van der Waals surface area contributed by atoms with E-state index in [4.69, 9.17) is 0 Å². The van der Waals surface area contributed by atoms with Crippen LogP contribution in [0.2, 0.25) is 0 Å². The monoisotopic (exact) mass is 404 g/mol. The highest BCUT2D eigenvalue weighted by molar-refractivity contribution is 7.19. The molecule has 3 N–H and O–H groups in total. The number of phenols is 1. The molecule has 0 fully saturated rings. The maximum absolute atomic E-state index is 12.2. The van der Waals surface area contributed by atoms with Crippen molar-refractivity contribution in [1.29, 1.82) is 0 Å².